The fraction of sp³-hybridized carbons (Fsp3) is 0.381. The average Bonchev–Trinajstić information content (AvgIpc) is 3.35. The summed E-state index contributed by atoms with van der Waals surface area (Å²) in [6, 6.07) is 11.1. The van der Waals surface area contributed by atoms with E-state index in [0.717, 1.165) is 37.4 Å². The van der Waals surface area contributed by atoms with E-state index in [0.29, 0.717) is 25.1 Å². The first-order chi connectivity index (χ1) is 14.2. The lowest BCUT2D eigenvalue weighted by atomic mass is 10.2. The highest BCUT2D eigenvalue weighted by molar-refractivity contribution is 5.92. The second kappa shape index (κ2) is 8.81. The molecular formula is C21H24N4O4. The number of ether oxygens (including phenoxy) is 1. The molecule has 1 aromatic carbocycles. The van der Waals surface area contributed by atoms with Gasteiger partial charge in [0, 0.05) is 31.6 Å². The molecule has 2 aromatic heterocycles. The zero-order valence-corrected chi connectivity index (χ0v) is 16.2. The number of hydrogen-bond acceptors (Lipinski definition) is 5. The maximum atomic E-state index is 12.4. The van der Waals surface area contributed by atoms with Gasteiger partial charge in [-0.1, -0.05) is 18.2 Å². The molecule has 1 amide bonds. The molecule has 0 saturated heterocycles. The van der Waals surface area contributed by atoms with E-state index in [-0.39, 0.29) is 24.0 Å². The molecule has 3 heterocycles. The molecule has 0 aliphatic carbocycles. The van der Waals surface area contributed by atoms with Gasteiger partial charge < -0.3 is 14.5 Å². The molecule has 0 radical (unpaired) electrons. The molecule has 8 nitrogen and oxygen atoms in total. The molecule has 0 saturated carbocycles. The molecule has 1 aliphatic rings. The monoisotopic (exact) mass is 396 g/mol. The van der Waals surface area contributed by atoms with Crippen LogP contribution < -0.4 is 15.7 Å². The number of fused-ring (bicyclic) bond motifs is 1. The highest BCUT2D eigenvalue weighted by Crippen LogP contribution is 2.16. The number of furan rings is 1. The van der Waals surface area contributed by atoms with Gasteiger partial charge in [0.15, 0.2) is 5.76 Å². The van der Waals surface area contributed by atoms with E-state index in [1.54, 1.807) is 10.6 Å². The first-order valence-corrected chi connectivity index (χ1v) is 9.91. The fourth-order valence-electron chi connectivity index (χ4n) is 3.43. The Bertz CT molecular complexity index is 1020. The van der Waals surface area contributed by atoms with Crippen molar-refractivity contribution >= 4 is 5.91 Å². The lowest BCUT2D eigenvalue weighted by molar-refractivity contribution is 0.0921. The Labute approximate surface area is 168 Å². The minimum atomic E-state index is -0.293. The summed E-state index contributed by atoms with van der Waals surface area (Å²) >= 11 is 0. The number of aryl methyl sites for hydroxylation is 2. The van der Waals surface area contributed by atoms with Crippen molar-refractivity contribution in [2.45, 2.75) is 45.4 Å². The maximum Gasteiger partial charge on any atom is 0.345 e. The molecule has 4 rings (SSSR count). The van der Waals surface area contributed by atoms with Crippen LogP contribution in [-0.2, 0) is 26.1 Å². The van der Waals surface area contributed by atoms with Crippen LogP contribution >= 0.6 is 0 Å². The van der Waals surface area contributed by atoms with Crippen LogP contribution in [0.3, 0.4) is 0 Å². The smallest absolute Gasteiger partial charge is 0.345 e. The summed E-state index contributed by atoms with van der Waals surface area (Å²) in [6.07, 6.45) is 5.04. The van der Waals surface area contributed by atoms with Crippen LogP contribution in [0.15, 0.2) is 51.9 Å². The van der Waals surface area contributed by atoms with Crippen LogP contribution in [0.1, 0.15) is 41.2 Å². The van der Waals surface area contributed by atoms with Gasteiger partial charge in [-0.3, -0.25) is 9.36 Å². The molecule has 0 unspecified atom stereocenters. The second-order valence-corrected chi connectivity index (χ2v) is 7.02. The van der Waals surface area contributed by atoms with E-state index in [1.165, 1.54) is 10.9 Å². The predicted molar refractivity (Wildman–Crippen MR) is 106 cm³/mol. The minimum Gasteiger partial charge on any atom is -0.489 e. The van der Waals surface area contributed by atoms with Crippen molar-refractivity contribution in [3.8, 4) is 5.75 Å². The Hall–Kier alpha value is -3.29. The van der Waals surface area contributed by atoms with Gasteiger partial charge in [0.2, 0.25) is 0 Å². The van der Waals surface area contributed by atoms with E-state index in [9.17, 15) is 9.59 Å². The van der Waals surface area contributed by atoms with Gasteiger partial charge in [-0.25, -0.2) is 9.48 Å². The SMILES string of the molecule is O=C(NCCCn1nc2n(c1=O)CCCC2)c1occc1COc1ccccc1. The van der Waals surface area contributed by atoms with Gasteiger partial charge in [0.1, 0.15) is 18.2 Å². The quantitative estimate of drug-likeness (QED) is 0.590. The zero-order valence-electron chi connectivity index (χ0n) is 16.2. The highest BCUT2D eigenvalue weighted by Gasteiger charge is 2.17. The molecule has 29 heavy (non-hydrogen) atoms. The van der Waals surface area contributed by atoms with Crippen LogP contribution in [0, 0.1) is 0 Å². The Morgan fingerprint density at radius 2 is 2.07 bits per heavy atom. The third kappa shape index (κ3) is 4.42. The molecule has 1 aliphatic heterocycles. The Morgan fingerprint density at radius 1 is 1.21 bits per heavy atom. The van der Waals surface area contributed by atoms with Crippen molar-refractivity contribution in [1.82, 2.24) is 19.7 Å². The topological polar surface area (TPSA) is 91.3 Å². The fourth-order valence-corrected chi connectivity index (χ4v) is 3.43. The zero-order chi connectivity index (χ0) is 20.1. The van der Waals surface area contributed by atoms with Crippen molar-refractivity contribution in [3.63, 3.8) is 0 Å². The number of benzene rings is 1. The number of rotatable bonds is 8. The second-order valence-electron chi connectivity index (χ2n) is 7.02. The minimum absolute atomic E-state index is 0.0580. The Kier molecular flexibility index (Phi) is 5.79. The average molecular weight is 396 g/mol. The van der Waals surface area contributed by atoms with Gasteiger partial charge >= 0.3 is 5.69 Å². The van der Waals surface area contributed by atoms with Gasteiger partial charge in [0.05, 0.1) is 6.26 Å². The van der Waals surface area contributed by atoms with Gasteiger partial charge in [0.25, 0.3) is 5.91 Å². The summed E-state index contributed by atoms with van der Waals surface area (Å²) in [4.78, 5) is 24.7. The number of amides is 1. The standard InChI is InChI=1S/C21H24N4O4/c26-20(19-16(10-14-28-19)15-29-17-7-2-1-3-8-17)22-11-6-13-25-21(27)24-12-5-4-9-18(24)23-25/h1-3,7-8,10,14H,4-6,9,11-13,15H2,(H,22,26). The van der Waals surface area contributed by atoms with E-state index < -0.39 is 0 Å². The molecule has 0 atom stereocenters. The summed E-state index contributed by atoms with van der Waals surface area (Å²) in [6.45, 7) is 1.89. The van der Waals surface area contributed by atoms with Gasteiger partial charge in [-0.2, -0.15) is 5.10 Å². The number of hydrogen-bond donors (Lipinski definition) is 1. The molecular weight excluding hydrogens is 372 g/mol. The molecule has 1 N–H and O–H groups in total. The number of carbonyl (C=O) groups is 1. The van der Waals surface area contributed by atoms with Gasteiger partial charge in [-0.15, -0.1) is 0 Å². The van der Waals surface area contributed by atoms with Crippen molar-refractivity contribution < 1.29 is 13.9 Å². The summed E-state index contributed by atoms with van der Waals surface area (Å²) in [5, 5.41) is 7.24. The van der Waals surface area contributed by atoms with Crippen molar-refractivity contribution in [1.29, 1.82) is 0 Å². The van der Waals surface area contributed by atoms with Crippen molar-refractivity contribution in [3.05, 3.63) is 70.3 Å². The molecule has 0 bridgehead atoms. The number of para-hydroxylation sites is 1. The summed E-state index contributed by atoms with van der Waals surface area (Å²) in [7, 11) is 0. The number of carbonyl (C=O) groups excluding carboxylic acids is 1. The van der Waals surface area contributed by atoms with Crippen LogP contribution in [-0.4, -0.2) is 26.8 Å². The molecule has 0 spiro atoms. The van der Waals surface area contributed by atoms with Gasteiger partial charge in [-0.05, 0) is 37.5 Å². The van der Waals surface area contributed by atoms with E-state index in [4.69, 9.17) is 9.15 Å². The number of nitrogens with one attached hydrogen (secondary N) is 1. The van der Waals surface area contributed by atoms with E-state index in [1.807, 2.05) is 30.3 Å². The molecule has 152 valence electrons. The van der Waals surface area contributed by atoms with Crippen LogP contribution in [0.4, 0.5) is 0 Å². The summed E-state index contributed by atoms with van der Waals surface area (Å²) in [5.74, 6) is 1.55. The third-order valence-corrected chi connectivity index (χ3v) is 4.95. The van der Waals surface area contributed by atoms with E-state index in [2.05, 4.69) is 10.4 Å². The first kappa shape index (κ1) is 19.0. The Morgan fingerprint density at radius 3 is 2.90 bits per heavy atom. The number of aromatic nitrogens is 3. The predicted octanol–water partition coefficient (Wildman–Crippen LogP) is 2.37. The lowest BCUT2D eigenvalue weighted by Crippen LogP contribution is -2.29. The summed E-state index contributed by atoms with van der Waals surface area (Å²) < 4.78 is 14.3. The first-order valence-electron chi connectivity index (χ1n) is 9.91. The van der Waals surface area contributed by atoms with Crippen molar-refractivity contribution in [2.24, 2.45) is 0 Å². The largest absolute Gasteiger partial charge is 0.489 e. The van der Waals surface area contributed by atoms with Crippen LogP contribution in [0.25, 0.3) is 0 Å². The number of nitrogens with zero attached hydrogens (tertiary/aromatic N) is 3. The Balaban J connectivity index is 1.27. The third-order valence-electron chi connectivity index (χ3n) is 4.95. The summed E-state index contributed by atoms with van der Waals surface area (Å²) in [5.41, 5.74) is 0.627. The van der Waals surface area contributed by atoms with Crippen LogP contribution in [0.5, 0.6) is 5.75 Å². The van der Waals surface area contributed by atoms with E-state index >= 15 is 0 Å². The molecule has 0 fully saturated rings. The maximum absolute atomic E-state index is 12.4. The van der Waals surface area contributed by atoms with Crippen LogP contribution in [0.2, 0.25) is 0 Å². The highest BCUT2D eigenvalue weighted by atomic mass is 16.5. The lowest BCUT2D eigenvalue weighted by Gasteiger charge is -2.09. The molecule has 8 heteroatoms. The normalized spacial score (nSPS) is 13.1. The van der Waals surface area contributed by atoms with Crippen molar-refractivity contribution in [2.75, 3.05) is 6.54 Å². The molecule has 3 aromatic rings.